The third-order valence-electron chi connectivity index (χ3n) is 3.78. The number of piperidine rings is 1. The van der Waals surface area contributed by atoms with Crippen LogP contribution in [0.5, 0.6) is 0 Å². The van der Waals surface area contributed by atoms with Crippen LogP contribution in [-0.2, 0) is 6.42 Å². The minimum absolute atomic E-state index is 0.0400. The second-order valence-corrected chi connectivity index (χ2v) is 5.40. The van der Waals surface area contributed by atoms with Crippen LogP contribution in [0.15, 0.2) is 10.7 Å². The van der Waals surface area contributed by atoms with E-state index in [4.69, 9.17) is 4.52 Å². The van der Waals surface area contributed by atoms with Gasteiger partial charge in [-0.25, -0.2) is 0 Å². The normalized spacial score (nSPS) is 21.4. The summed E-state index contributed by atoms with van der Waals surface area (Å²) >= 11 is 0. The fourth-order valence-corrected chi connectivity index (χ4v) is 2.83. The lowest BCUT2D eigenvalue weighted by Crippen LogP contribution is -2.45. The Morgan fingerprint density at radius 3 is 3.00 bits per heavy atom. The van der Waals surface area contributed by atoms with Crippen molar-refractivity contribution in [2.45, 2.75) is 58.5 Å². The summed E-state index contributed by atoms with van der Waals surface area (Å²) in [5.41, 5.74) is 0.643. The predicted molar refractivity (Wildman–Crippen MR) is 69.7 cm³/mol. The molecular weight excluding hydrogens is 228 g/mol. The van der Waals surface area contributed by atoms with E-state index >= 15 is 0 Å². The molecule has 0 N–H and O–H groups in total. The molecule has 2 rings (SSSR count). The molecule has 0 spiro atoms. The number of aromatic nitrogens is 1. The van der Waals surface area contributed by atoms with Crippen molar-refractivity contribution in [2.24, 2.45) is 0 Å². The van der Waals surface area contributed by atoms with Gasteiger partial charge in [-0.2, -0.15) is 0 Å². The van der Waals surface area contributed by atoms with E-state index in [9.17, 15) is 4.79 Å². The Morgan fingerprint density at radius 1 is 1.56 bits per heavy atom. The maximum Gasteiger partial charge on any atom is 0.164 e. The number of hydrogen-bond donors (Lipinski definition) is 0. The third kappa shape index (κ3) is 2.80. The van der Waals surface area contributed by atoms with Crippen LogP contribution in [0.25, 0.3) is 0 Å². The van der Waals surface area contributed by atoms with Crippen LogP contribution in [0.2, 0.25) is 0 Å². The van der Waals surface area contributed by atoms with Gasteiger partial charge in [0.2, 0.25) is 0 Å². The van der Waals surface area contributed by atoms with Crippen LogP contribution in [0.3, 0.4) is 0 Å². The molecule has 0 amide bonds. The molecule has 2 heterocycles. The lowest BCUT2D eigenvalue weighted by Gasteiger charge is -2.38. The van der Waals surface area contributed by atoms with Crippen LogP contribution in [0, 0.1) is 0 Å². The molecule has 0 aromatic carbocycles. The zero-order valence-corrected chi connectivity index (χ0v) is 11.5. The zero-order chi connectivity index (χ0) is 13.1. The molecule has 0 saturated carbocycles. The highest BCUT2D eigenvalue weighted by molar-refractivity contribution is 5.94. The predicted octanol–water partition coefficient (Wildman–Crippen LogP) is 2.68. The van der Waals surface area contributed by atoms with Gasteiger partial charge in [0.15, 0.2) is 5.78 Å². The Hall–Kier alpha value is -1.16. The summed E-state index contributed by atoms with van der Waals surface area (Å²) in [6, 6.07) is 1.02. The van der Waals surface area contributed by atoms with Crippen molar-refractivity contribution in [3.05, 3.63) is 17.5 Å². The molecule has 1 aromatic rings. The van der Waals surface area contributed by atoms with Crippen molar-refractivity contribution >= 4 is 5.78 Å². The fourth-order valence-electron chi connectivity index (χ4n) is 2.83. The largest absolute Gasteiger partial charge is 0.361 e. The molecule has 1 atom stereocenters. The first-order valence-corrected chi connectivity index (χ1v) is 6.80. The molecule has 4 heteroatoms. The molecule has 4 nitrogen and oxygen atoms in total. The summed E-state index contributed by atoms with van der Waals surface area (Å²) < 4.78 is 5.26. The minimum Gasteiger partial charge on any atom is -0.361 e. The van der Waals surface area contributed by atoms with Crippen molar-refractivity contribution < 1.29 is 9.32 Å². The summed E-state index contributed by atoms with van der Waals surface area (Å²) in [5.74, 6) is 0.790. The molecule has 0 bridgehead atoms. The first-order valence-electron chi connectivity index (χ1n) is 6.80. The average molecular weight is 250 g/mol. The number of ketones is 1. The number of carbonyl (C=O) groups is 1. The highest BCUT2D eigenvalue weighted by Crippen LogP contribution is 2.24. The number of Topliss-reactive ketones (excluding diaryl/α,β-unsaturated/α-hetero) is 1. The molecule has 0 aliphatic carbocycles. The Morgan fingerprint density at radius 2 is 2.33 bits per heavy atom. The van der Waals surface area contributed by atoms with E-state index in [1.165, 1.54) is 19.3 Å². The first-order chi connectivity index (χ1) is 8.59. The number of hydrogen-bond acceptors (Lipinski definition) is 4. The fraction of sp³-hybridized carbons (Fsp3) is 0.714. The van der Waals surface area contributed by atoms with Gasteiger partial charge >= 0.3 is 0 Å². The van der Waals surface area contributed by atoms with Crippen LogP contribution < -0.4 is 0 Å². The maximum absolute atomic E-state index is 11.5. The number of carbonyl (C=O) groups excluding carboxylic acids is 1. The molecule has 0 radical (unpaired) electrons. The molecule has 1 fully saturated rings. The zero-order valence-electron chi connectivity index (χ0n) is 11.5. The Labute approximate surface area is 108 Å². The van der Waals surface area contributed by atoms with E-state index in [0.717, 1.165) is 18.7 Å². The van der Waals surface area contributed by atoms with Gasteiger partial charge in [-0.3, -0.25) is 9.69 Å². The Kier molecular flexibility index (Phi) is 4.17. The number of nitrogens with zero attached hydrogens (tertiary/aromatic N) is 2. The SMILES string of the molecule is CC(=O)c1cnoc1CC1CCCCN1C(C)C. The molecule has 100 valence electrons. The second kappa shape index (κ2) is 5.65. The molecule has 18 heavy (non-hydrogen) atoms. The topological polar surface area (TPSA) is 46.3 Å². The molecule has 1 unspecified atom stereocenters. The summed E-state index contributed by atoms with van der Waals surface area (Å²) in [4.78, 5) is 14.0. The third-order valence-corrected chi connectivity index (χ3v) is 3.78. The lowest BCUT2D eigenvalue weighted by atomic mass is 9.95. The monoisotopic (exact) mass is 250 g/mol. The molecule has 1 aliphatic heterocycles. The minimum atomic E-state index is 0.0400. The van der Waals surface area contributed by atoms with Gasteiger partial charge in [0.05, 0.1) is 11.8 Å². The standard InChI is InChI=1S/C14H22N2O2/c1-10(2)16-7-5-4-6-12(16)8-14-13(11(3)17)9-15-18-14/h9-10,12H,4-8H2,1-3H3. The summed E-state index contributed by atoms with van der Waals surface area (Å²) in [6.07, 6.45) is 6.05. The van der Waals surface area contributed by atoms with Crippen molar-refractivity contribution in [3.63, 3.8) is 0 Å². The summed E-state index contributed by atoms with van der Waals surface area (Å²) in [6.45, 7) is 7.16. The van der Waals surface area contributed by atoms with Crippen LogP contribution >= 0.6 is 0 Å². The quantitative estimate of drug-likeness (QED) is 0.771. The van der Waals surface area contributed by atoms with Crippen LogP contribution in [0.4, 0.5) is 0 Å². The van der Waals surface area contributed by atoms with E-state index in [0.29, 0.717) is 17.6 Å². The first kappa shape index (κ1) is 13.3. The number of likely N-dealkylation sites (tertiary alicyclic amines) is 1. The summed E-state index contributed by atoms with van der Waals surface area (Å²) in [5, 5.41) is 3.76. The van der Waals surface area contributed by atoms with Crippen LogP contribution in [0.1, 0.15) is 56.2 Å². The number of rotatable bonds is 4. The van der Waals surface area contributed by atoms with Crippen molar-refractivity contribution in [2.75, 3.05) is 6.54 Å². The van der Waals surface area contributed by atoms with E-state index in [1.54, 1.807) is 13.1 Å². The van der Waals surface area contributed by atoms with Crippen molar-refractivity contribution in [1.82, 2.24) is 10.1 Å². The van der Waals surface area contributed by atoms with E-state index in [1.807, 2.05) is 0 Å². The molecule has 1 aromatic heterocycles. The van der Waals surface area contributed by atoms with Gasteiger partial charge in [0.25, 0.3) is 0 Å². The Bertz CT molecular complexity index is 412. The molecule has 1 saturated heterocycles. The van der Waals surface area contributed by atoms with Gasteiger partial charge in [0, 0.05) is 18.5 Å². The van der Waals surface area contributed by atoms with E-state index in [-0.39, 0.29) is 5.78 Å². The van der Waals surface area contributed by atoms with E-state index < -0.39 is 0 Å². The molecular formula is C14H22N2O2. The van der Waals surface area contributed by atoms with Crippen molar-refractivity contribution in [1.29, 1.82) is 0 Å². The average Bonchev–Trinajstić information content (AvgIpc) is 2.77. The van der Waals surface area contributed by atoms with E-state index in [2.05, 4.69) is 23.9 Å². The molecule has 1 aliphatic rings. The van der Waals surface area contributed by atoms with Gasteiger partial charge in [-0.1, -0.05) is 11.6 Å². The van der Waals surface area contributed by atoms with Gasteiger partial charge in [-0.15, -0.1) is 0 Å². The second-order valence-electron chi connectivity index (χ2n) is 5.40. The van der Waals surface area contributed by atoms with Gasteiger partial charge in [0.1, 0.15) is 5.76 Å². The Balaban J connectivity index is 2.11. The maximum atomic E-state index is 11.5. The highest BCUT2D eigenvalue weighted by atomic mass is 16.5. The van der Waals surface area contributed by atoms with Crippen molar-refractivity contribution in [3.8, 4) is 0 Å². The van der Waals surface area contributed by atoms with Crippen LogP contribution in [-0.4, -0.2) is 34.5 Å². The smallest absolute Gasteiger partial charge is 0.164 e. The van der Waals surface area contributed by atoms with Gasteiger partial charge in [-0.05, 0) is 40.2 Å². The lowest BCUT2D eigenvalue weighted by molar-refractivity contribution is 0.0995. The summed E-state index contributed by atoms with van der Waals surface area (Å²) in [7, 11) is 0. The van der Waals surface area contributed by atoms with Gasteiger partial charge < -0.3 is 4.52 Å². The highest BCUT2D eigenvalue weighted by Gasteiger charge is 2.27.